The number of hydrogen-bond acceptors (Lipinski definition) is 5. The minimum Gasteiger partial charge on any atom is -0.497 e. The van der Waals surface area contributed by atoms with Crippen LogP contribution in [0.15, 0.2) is 54.7 Å². The van der Waals surface area contributed by atoms with Crippen LogP contribution in [0.3, 0.4) is 0 Å². The SMILES string of the molecule is COc1cccc(-c2nn(-c3ccc(C)cc3)cc2C(=O)NCC(C)N2CCOCC2)c1. The van der Waals surface area contributed by atoms with Crippen molar-refractivity contribution in [1.29, 1.82) is 0 Å². The lowest BCUT2D eigenvalue weighted by Crippen LogP contribution is -2.47. The molecule has 1 N–H and O–H groups in total. The molecule has 168 valence electrons. The van der Waals surface area contributed by atoms with E-state index in [4.69, 9.17) is 14.6 Å². The fourth-order valence-corrected chi connectivity index (χ4v) is 3.84. The first-order valence-electron chi connectivity index (χ1n) is 11.0. The highest BCUT2D eigenvalue weighted by molar-refractivity contribution is 6.00. The highest BCUT2D eigenvalue weighted by Crippen LogP contribution is 2.27. The third-order valence-corrected chi connectivity index (χ3v) is 5.83. The summed E-state index contributed by atoms with van der Waals surface area (Å²) in [7, 11) is 1.63. The van der Waals surface area contributed by atoms with Crippen molar-refractivity contribution >= 4 is 5.91 Å². The zero-order valence-corrected chi connectivity index (χ0v) is 18.9. The molecule has 2 heterocycles. The number of morpholine rings is 1. The molecule has 1 fully saturated rings. The Kier molecular flexibility index (Phi) is 6.87. The zero-order valence-electron chi connectivity index (χ0n) is 18.9. The number of nitrogens with one attached hydrogen (secondary N) is 1. The van der Waals surface area contributed by atoms with Crippen LogP contribution in [0.4, 0.5) is 0 Å². The van der Waals surface area contributed by atoms with Gasteiger partial charge in [-0.15, -0.1) is 0 Å². The summed E-state index contributed by atoms with van der Waals surface area (Å²) in [6, 6.07) is 15.9. The molecule has 1 aliphatic rings. The van der Waals surface area contributed by atoms with Gasteiger partial charge in [-0.05, 0) is 38.1 Å². The largest absolute Gasteiger partial charge is 0.497 e. The first kappa shape index (κ1) is 22.0. The molecule has 32 heavy (non-hydrogen) atoms. The van der Waals surface area contributed by atoms with Crippen molar-refractivity contribution in [1.82, 2.24) is 20.0 Å². The summed E-state index contributed by atoms with van der Waals surface area (Å²) in [4.78, 5) is 15.6. The van der Waals surface area contributed by atoms with E-state index in [2.05, 4.69) is 17.1 Å². The fourth-order valence-electron chi connectivity index (χ4n) is 3.84. The Morgan fingerprint density at radius 2 is 1.94 bits per heavy atom. The number of nitrogens with zero attached hydrogens (tertiary/aromatic N) is 3. The Bertz CT molecular complexity index is 1060. The quantitative estimate of drug-likeness (QED) is 0.618. The van der Waals surface area contributed by atoms with E-state index in [0.29, 0.717) is 17.8 Å². The molecule has 0 bridgehead atoms. The molecule has 0 saturated carbocycles. The first-order valence-corrected chi connectivity index (χ1v) is 11.0. The summed E-state index contributed by atoms with van der Waals surface area (Å²) in [5.41, 5.74) is 4.07. The molecule has 7 heteroatoms. The molecule has 7 nitrogen and oxygen atoms in total. The van der Waals surface area contributed by atoms with Crippen molar-refractivity contribution in [2.75, 3.05) is 40.0 Å². The van der Waals surface area contributed by atoms with Gasteiger partial charge in [-0.3, -0.25) is 9.69 Å². The van der Waals surface area contributed by atoms with E-state index in [1.165, 1.54) is 5.56 Å². The van der Waals surface area contributed by atoms with Crippen LogP contribution in [0, 0.1) is 6.92 Å². The number of carbonyl (C=O) groups is 1. The maximum absolute atomic E-state index is 13.2. The van der Waals surface area contributed by atoms with Crippen molar-refractivity contribution < 1.29 is 14.3 Å². The normalized spacial score (nSPS) is 15.3. The van der Waals surface area contributed by atoms with E-state index in [1.54, 1.807) is 18.0 Å². The van der Waals surface area contributed by atoms with Gasteiger partial charge in [-0.2, -0.15) is 5.10 Å². The number of benzene rings is 2. The van der Waals surface area contributed by atoms with Gasteiger partial charge in [-0.25, -0.2) is 4.68 Å². The van der Waals surface area contributed by atoms with Crippen molar-refractivity contribution in [3.8, 4) is 22.7 Å². The van der Waals surface area contributed by atoms with E-state index in [1.807, 2.05) is 55.5 Å². The second-order valence-electron chi connectivity index (χ2n) is 8.11. The fraction of sp³-hybridized carbons (Fsp3) is 0.360. The monoisotopic (exact) mass is 434 g/mol. The Labute approximate surface area is 188 Å². The number of aryl methyl sites for hydroxylation is 1. The van der Waals surface area contributed by atoms with Crippen LogP contribution < -0.4 is 10.1 Å². The van der Waals surface area contributed by atoms with Crippen molar-refractivity contribution in [2.45, 2.75) is 19.9 Å². The molecule has 4 rings (SSSR count). The molecular formula is C25H30N4O3. The summed E-state index contributed by atoms with van der Waals surface area (Å²) < 4.78 is 12.6. The number of carbonyl (C=O) groups excluding carboxylic acids is 1. The average Bonchev–Trinajstić information content (AvgIpc) is 3.29. The Balaban J connectivity index is 1.61. The van der Waals surface area contributed by atoms with Crippen LogP contribution in [0.2, 0.25) is 0 Å². The standard InChI is InChI=1S/C25H30N4O3/c1-18-7-9-21(10-8-18)29-17-23(24(27-29)20-5-4-6-22(15-20)31-3)25(30)26-16-19(2)28-11-13-32-14-12-28/h4-10,15,17,19H,11-14,16H2,1-3H3,(H,26,30). The number of hydrogen-bond donors (Lipinski definition) is 1. The number of amides is 1. The van der Waals surface area contributed by atoms with E-state index < -0.39 is 0 Å². The van der Waals surface area contributed by atoms with Crippen LogP contribution >= 0.6 is 0 Å². The number of methoxy groups -OCH3 is 1. The van der Waals surface area contributed by atoms with Crippen LogP contribution in [0.25, 0.3) is 16.9 Å². The molecule has 0 aliphatic carbocycles. The molecule has 1 saturated heterocycles. The first-order chi connectivity index (χ1) is 15.5. The Hall–Kier alpha value is -3.16. The second-order valence-corrected chi connectivity index (χ2v) is 8.11. The zero-order chi connectivity index (χ0) is 22.5. The van der Waals surface area contributed by atoms with Gasteiger partial charge in [0, 0.05) is 37.4 Å². The Morgan fingerprint density at radius 1 is 1.19 bits per heavy atom. The smallest absolute Gasteiger partial charge is 0.255 e. The summed E-state index contributed by atoms with van der Waals surface area (Å²) in [5, 5.41) is 7.87. The van der Waals surface area contributed by atoms with Crippen LogP contribution in [-0.4, -0.2) is 66.6 Å². The van der Waals surface area contributed by atoms with Gasteiger partial charge in [0.15, 0.2) is 0 Å². The molecule has 1 unspecified atom stereocenters. The van der Waals surface area contributed by atoms with E-state index >= 15 is 0 Å². The molecule has 1 aliphatic heterocycles. The van der Waals surface area contributed by atoms with E-state index in [9.17, 15) is 4.79 Å². The Morgan fingerprint density at radius 3 is 2.66 bits per heavy atom. The highest BCUT2D eigenvalue weighted by Gasteiger charge is 2.22. The second kappa shape index (κ2) is 9.97. The maximum Gasteiger partial charge on any atom is 0.255 e. The van der Waals surface area contributed by atoms with Gasteiger partial charge in [0.25, 0.3) is 5.91 Å². The maximum atomic E-state index is 13.2. The van der Waals surface area contributed by atoms with Gasteiger partial charge < -0.3 is 14.8 Å². The predicted octanol–water partition coefficient (Wildman–Crippen LogP) is 3.31. The van der Waals surface area contributed by atoms with Crippen LogP contribution in [-0.2, 0) is 4.74 Å². The third-order valence-electron chi connectivity index (χ3n) is 5.83. The topological polar surface area (TPSA) is 68.6 Å². The summed E-state index contributed by atoms with van der Waals surface area (Å²) >= 11 is 0. The molecule has 2 aromatic carbocycles. The number of ether oxygens (including phenoxy) is 2. The highest BCUT2D eigenvalue weighted by atomic mass is 16.5. The van der Waals surface area contributed by atoms with E-state index in [-0.39, 0.29) is 11.9 Å². The minimum atomic E-state index is -0.138. The van der Waals surface area contributed by atoms with E-state index in [0.717, 1.165) is 43.3 Å². The van der Waals surface area contributed by atoms with Crippen molar-refractivity contribution in [3.63, 3.8) is 0 Å². The van der Waals surface area contributed by atoms with Gasteiger partial charge in [-0.1, -0.05) is 29.8 Å². The van der Waals surface area contributed by atoms with Crippen molar-refractivity contribution in [2.24, 2.45) is 0 Å². The van der Waals surface area contributed by atoms with Crippen molar-refractivity contribution in [3.05, 3.63) is 65.9 Å². The molecule has 3 aromatic rings. The minimum absolute atomic E-state index is 0.138. The molecular weight excluding hydrogens is 404 g/mol. The lowest BCUT2D eigenvalue weighted by atomic mass is 10.1. The number of aromatic nitrogens is 2. The molecule has 1 atom stereocenters. The number of rotatable bonds is 7. The van der Waals surface area contributed by atoms with Gasteiger partial charge >= 0.3 is 0 Å². The summed E-state index contributed by atoms with van der Waals surface area (Å²) in [6.45, 7) is 7.98. The molecule has 1 amide bonds. The molecule has 0 radical (unpaired) electrons. The van der Waals surface area contributed by atoms with Gasteiger partial charge in [0.1, 0.15) is 11.4 Å². The van der Waals surface area contributed by atoms with Gasteiger partial charge in [0.2, 0.25) is 0 Å². The van der Waals surface area contributed by atoms with Crippen LogP contribution in [0.1, 0.15) is 22.8 Å². The average molecular weight is 435 g/mol. The molecule has 0 spiro atoms. The lowest BCUT2D eigenvalue weighted by molar-refractivity contribution is 0.0204. The summed E-state index contributed by atoms with van der Waals surface area (Å²) in [6.07, 6.45) is 1.80. The predicted molar refractivity (Wildman–Crippen MR) is 124 cm³/mol. The lowest BCUT2D eigenvalue weighted by Gasteiger charge is -2.32. The van der Waals surface area contributed by atoms with Gasteiger partial charge in [0.05, 0.1) is 31.6 Å². The third kappa shape index (κ3) is 5.00. The summed E-state index contributed by atoms with van der Waals surface area (Å²) in [5.74, 6) is 0.584. The molecule has 1 aromatic heterocycles. The van der Waals surface area contributed by atoms with Crippen LogP contribution in [0.5, 0.6) is 5.75 Å².